The minimum absolute atomic E-state index is 0. The van der Waals surface area contributed by atoms with Gasteiger partial charge in [-0.2, -0.15) is 0 Å². The van der Waals surface area contributed by atoms with Crippen molar-refractivity contribution in [2.24, 2.45) is 5.92 Å². The molecule has 6 heteroatoms. The Labute approximate surface area is 120 Å². The lowest BCUT2D eigenvalue weighted by atomic mass is 10.0. The summed E-state index contributed by atoms with van der Waals surface area (Å²) in [7, 11) is 0. The number of nitrogens with one attached hydrogen (secondary N) is 2. The second-order valence-electron chi connectivity index (χ2n) is 4.30. The first kappa shape index (κ1) is 17.2. The van der Waals surface area contributed by atoms with E-state index in [0.29, 0.717) is 12.3 Å². The summed E-state index contributed by atoms with van der Waals surface area (Å²) in [5, 5.41) is 6.19. The van der Waals surface area contributed by atoms with E-state index in [1.807, 2.05) is 13.0 Å². The van der Waals surface area contributed by atoms with E-state index in [1.165, 1.54) is 0 Å². The van der Waals surface area contributed by atoms with E-state index in [-0.39, 0.29) is 30.7 Å². The number of aryl methyl sites for hydroxylation is 1. The second kappa shape index (κ2) is 8.29. The summed E-state index contributed by atoms with van der Waals surface area (Å²) < 4.78 is 0. The number of pyridine rings is 1. The Hall–Kier alpha value is -0.840. The Morgan fingerprint density at radius 3 is 2.94 bits per heavy atom. The van der Waals surface area contributed by atoms with Crippen LogP contribution in [0.25, 0.3) is 0 Å². The number of aromatic nitrogens is 1. The van der Waals surface area contributed by atoms with Crippen molar-refractivity contribution >= 4 is 36.4 Å². The van der Waals surface area contributed by atoms with Crippen LogP contribution in [0.5, 0.6) is 0 Å². The summed E-state index contributed by atoms with van der Waals surface area (Å²) >= 11 is 0. The molecule has 102 valence electrons. The summed E-state index contributed by atoms with van der Waals surface area (Å²) in [5.41, 5.74) is 1.87. The van der Waals surface area contributed by atoms with E-state index in [0.717, 1.165) is 30.8 Å². The zero-order valence-corrected chi connectivity index (χ0v) is 11.9. The molecule has 1 aliphatic rings. The first-order valence-corrected chi connectivity index (χ1v) is 5.67. The molecule has 1 aliphatic heterocycles. The largest absolute Gasteiger partial charge is 0.326 e. The molecule has 1 aromatic heterocycles. The zero-order valence-electron chi connectivity index (χ0n) is 10.3. The highest BCUT2D eigenvalue weighted by Crippen LogP contribution is 2.16. The van der Waals surface area contributed by atoms with Gasteiger partial charge in [-0.15, -0.1) is 24.8 Å². The molecular formula is C12H19Cl2N3O. The Kier molecular flexibility index (Phi) is 7.91. The third kappa shape index (κ3) is 4.80. The second-order valence-corrected chi connectivity index (χ2v) is 4.30. The van der Waals surface area contributed by atoms with Crippen molar-refractivity contribution in [3.05, 3.63) is 24.0 Å². The predicted octanol–water partition coefficient (Wildman–Crippen LogP) is 2.17. The first-order chi connectivity index (χ1) is 7.75. The highest BCUT2D eigenvalue weighted by molar-refractivity contribution is 5.91. The zero-order chi connectivity index (χ0) is 11.4. The van der Waals surface area contributed by atoms with Gasteiger partial charge in [-0.1, -0.05) is 0 Å². The number of halogens is 2. The minimum Gasteiger partial charge on any atom is -0.326 e. The van der Waals surface area contributed by atoms with Gasteiger partial charge in [-0.3, -0.25) is 9.78 Å². The van der Waals surface area contributed by atoms with E-state index >= 15 is 0 Å². The third-order valence-electron chi connectivity index (χ3n) is 2.93. The molecule has 0 radical (unpaired) electrons. The number of hydrogen-bond acceptors (Lipinski definition) is 3. The van der Waals surface area contributed by atoms with Crippen molar-refractivity contribution in [3.63, 3.8) is 0 Å². The third-order valence-corrected chi connectivity index (χ3v) is 2.93. The fraction of sp³-hybridized carbons (Fsp3) is 0.500. The smallest absolute Gasteiger partial charge is 0.224 e. The molecule has 1 unspecified atom stereocenters. The van der Waals surface area contributed by atoms with Crippen LogP contribution in [0.15, 0.2) is 18.5 Å². The summed E-state index contributed by atoms with van der Waals surface area (Å²) in [6.45, 7) is 3.94. The van der Waals surface area contributed by atoms with Crippen LogP contribution >= 0.6 is 24.8 Å². The number of amides is 1. The average molecular weight is 292 g/mol. The number of nitrogens with zero attached hydrogens (tertiary/aromatic N) is 1. The highest BCUT2D eigenvalue weighted by atomic mass is 35.5. The Morgan fingerprint density at radius 2 is 2.33 bits per heavy atom. The molecule has 18 heavy (non-hydrogen) atoms. The van der Waals surface area contributed by atoms with Gasteiger partial charge in [0.15, 0.2) is 0 Å². The van der Waals surface area contributed by atoms with Gasteiger partial charge in [0.1, 0.15) is 0 Å². The van der Waals surface area contributed by atoms with Crippen molar-refractivity contribution in [1.29, 1.82) is 0 Å². The van der Waals surface area contributed by atoms with Gasteiger partial charge in [0.2, 0.25) is 5.91 Å². The lowest BCUT2D eigenvalue weighted by molar-refractivity contribution is -0.116. The van der Waals surface area contributed by atoms with Gasteiger partial charge in [0.05, 0.1) is 0 Å². The maximum Gasteiger partial charge on any atom is 0.224 e. The van der Waals surface area contributed by atoms with Crippen LogP contribution < -0.4 is 10.6 Å². The molecule has 0 aromatic carbocycles. The van der Waals surface area contributed by atoms with Crippen molar-refractivity contribution in [2.45, 2.75) is 19.8 Å². The number of hydrogen-bond donors (Lipinski definition) is 2. The molecule has 1 atom stereocenters. The summed E-state index contributed by atoms with van der Waals surface area (Å²) in [6.07, 6.45) is 5.16. The SMILES string of the molecule is Cc1cnccc1NC(=O)CC1CCNC1.Cl.Cl. The topological polar surface area (TPSA) is 54.0 Å². The Morgan fingerprint density at radius 1 is 1.56 bits per heavy atom. The maximum absolute atomic E-state index is 11.8. The van der Waals surface area contributed by atoms with Crippen LogP contribution in [0.2, 0.25) is 0 Å². The minimum atomic E-state index is 0. The maximum atomic E-state index is 11.8. The molecule has 1 aromatic rings. The average Bonchev–Trinajstić information content (AvgIpc) is 2.74. The highest BCUT2D eigenvalue weighted by Gasteiger charge is 2.18. The van der Waals surface area contributed by atoms with Gasteiger partial charge in [0.25, 0.3) is 0 Å². The van der Waals surface area contributed by atoms with Gasteiger partial charge in [-0.25, -0.2) is 0 Å². The summed E-state index contributed by atoms with van der Waals surface area (Å²) in [4.78, 5) is 15.8. The Balaban J connectivity index is 0.00000144. The standard InChI is InChI=1S/C12H17N3O.2ClH/c1-9-7-13-5-3-11(9)15-12(16)6-10-2-4-14-8-10;;/h3,5,7,10,14H,2,4,6,8H2,1H3,(H,13,15,16);2*1H. The Bertz CT molecular complexity index is 381. The van der Waals surface area contributed by atoms with E-state index < -0.39 is 0 Å². The van der Waals surface area contributed by atoms with Crippen LogP contribution in [0.4, 0.5) is 5.69 Å². The van der Waals surface area contributed by atoms with Gasteiger partial charge in [-0.05, 0) is 44.0 Å². The van der Waals surface area contributed by atoms with Crippen LogP contribution in [-0.4, -0.2) is 24.0 Å². The number of carbonyl (C=O) groups excluding carboxylic acids is 1. The first-order valence-electron chi connectivity index (χ1n) is 5.67. The molecule has 0 spiro atoms. The molecule has 4 nitrogen and oxygen atoms in total. The predicted molar refractivity (Wildman–Crippen MR) is 77.7 cm³/mol. The monoisotopic (exact) mass is 291 g/mol. The van der Waals surface area contributed by atoms with Crippen LogP contribution in [0.1, 0.15) is 18.4 Å². The van der Waals surface area contributed by atoms with Gasteiger partial charge < -0.3 is 10.6 Å². The van der Waals surface area contributed by atoms with Crippen molar-refractivity contribution in [3.8, 4) is 0 Å². The molecule has 0 bridgehead atoms. The van der Waals surface area contributed by atoms with Gasteiger partial charge >= 0.3 is 0 Å². The molecule has 0 aliphatic carbocycles. The molecule has 1 amide bonds. The lowest BCUT2D eigenvalue weighted by Gasteiger charge is -2.10. The van der Waals surface area contributed by atoms with Crippen LogP contribution in [-0.2, 0) is 4.79 Å². The summed E-state index contributed by atoms with van der Waals surface area (Å²) in [5.74, 6) is 0.588. The van der Waals surface area contributed by atoms with Crippen LogP contribution in [0, 0.1) is 12.8 Å². The molecule has 2 rings (SSSR count). The number of anilines is 1. The molecular weight excluding hydrogens is 273 g/mol. The fourth-order valence-electron chi connectivity index (χ4n) is 1.97. The van der Waals surface area contributed by atoms with Crippen molar-refractivity contribution in [2.75, 3.05) is 18.4 Å². The van der Waals surface area contributed by atoms with E-state index in [9.17, 15) is 4.79 Å². The molecule has 2 heterocycles. The van der Waals surface area contributed by atoms with Crippen LogP contribution in [0.3, 0.4) is 0 Å². The number of carbonyl (C=O) groups is 1. The summed E-state index contributed by atoms with van der Waals surface area (Å²) in [6, 6.07) is 1.83. The van der Waals surface area contributed by atoms with Crippen molar-refractivity contribution in [1.82, 2.24) is 10.3 Å². The quantitative estimate of drug-likeness (QED) is 0.897. The van der Waals surface area contributed by atoms with E-state index in [4.69, 9.17) is 0 Å². The van der Waals surface area contributed by atoms with Crippen molar-refractivity contribution < 1.29 is 4.79 Å². The molecule has 2 N–H and O–H groups in total. The lowest BCUT2D eigenvalue weighted by Crippen LogP contribution is -2.18. The number of rotatable bonds is 3. The fourth-order valence-corrected chi connectivity index (χ4v) is 1.97. The molecule has 1 fully saturated rings. The van der Waals surface area contributed by atoms with E-state index in [2.05, 4.69) is 15.6 Å². The van der Waals surface area contributed by atoms with Gasteiger partial charge in [0, 0.05) is 24.5 Å². The van der Waals surface area contributed by atoms with E-state index in [1.54, 1.807) is 12.4 Å². The molecule has 1 saturated heterocycles. The molecule has 0 saturated carbocycles. The normalized spacial score (nSPS) is 17.5.